The maximum atomic E-state index is 5.98. The van der Waals surface area contributed by atoms with Gasteiger partial charge in [-0.3, -0.25) is 4.99 Å². The van der Waals surface area contributed by atoms with E-state index in [0.717, 1.165) is 12.1 Å². The largest absolute Gasteiger partial charge is 0.327 e. The predicted octanol–water partition coefficient (Wildman–Crippen LogP) is 1.63. The predicted molar refractivity (Wildman–Crippen MR) is 52.3 cm³/mol. The van der Waals surface area contributed by atoms with E-state index in [0.29, 0.717) is 17.9 Å². The minimum Gasteiger partial charge on any atom is -0.327 e. The van der Waals surface area contributed by atoms with E-state index in [9.17, 15) is 0 Å². The maximum Gasteiger partial charge on any atom is 0.0667 e. The summed E-state index contributed by atoms with van der Waals surface area (Å²) in [5, 5.41) is 0. The van der Waals surface area contributed by atoms with Crippen molar-refractivity contribution in [3.63, 3.8) is 0 Å². The molecule has 2 heteroatoms. The number of benzene rings is 1. The van der Waals surface area contributed by atoms with Crippen molar-refractivity contribution in [2.45, 2.75) is 18.4 Å². The second-order valence-electron chi connectivity index (χ2n) is 3.85. The van der Waals surface area contributed by atoms with Crippen LogP contribution in [0, 0.1) is 12.0 Å². The zero-order valence-electron chi connectivity index (χ0n) is 7.27. The number of hydrogen-bond donors (Lipinski definition) is 1. The Labute approximate surface area is 77.5 Å². The van der Waals surface area contributed by atoms with E-state index in [-0.39, 0.29) is 0 Å². The maximum absolute atomic E-state index is 5.98. The van der Waals surface area contributed by atoms with E-state index in [2.05, 4.69) is 17.1 Å². The summed E-state index contributed by atoms with van der Waals surface area (Å²) in [5.74, 6) is 1.10. The van der Waals surface area contributed by atoms with E-state index in [1.54, 1.807) is 0 Å². The Bertz CT molecular complexity index is 370. The lowest BCUT2D eigenvalue weighted by Gasteiger charge is -2.43. The van der Waals surface area contributed by atoms with E-state index in [1.165, 1.54) is 5.56 Å². The van der Waals surface area contributed by atoms with Gasteiger partial charge in [0.05, 0.1) is 5.69 Å². The van der Waals surface area contributed by atoms with Crippen LogP contribution >= 0.6 is 0 Å². The molecule has 1 saturated carbocycles. The monoisotopic (exact) mass is 171 g/mol. The molecule has 2 aliphatic rings. The quantitative estimate of drug-likeness (QED) is 0.633. The van der Waals surface area contributed by atoms with Crippen LogP contribution in [0.25, 0.3) is 0 Å². The SMILES string of the molecule is NC1CC2C=Nc3c[c]ccc3C12. The van der Waals surface area contributed by atoms with E-state index in [1.807, 2.05) is 18.3 Å². The number of nitrogens with two attached hydrogens (primary N) is 1. The third-order valence-corrected chi connectivity index (χ3v) is 3.11. The molecule has 0 saturated heterocycles. The van der Waals surface area contributed by atoms with Gasteiger partial charge in [-0.25, -0.2) is 0 Å². The Kier molecular flexibility index (Phi) is 1.35. The highest BCUT2D eigenvalue weighted by atomic mass is 14.8. The summed E-state index contributed by atoms with van der Waals surface area (Å²) in [7, 11) is 0. The van der Waals surface area contributed by atoms with Crippen LogP contribution in [0.5, 0.6) is 0 Å². The molecule has 0 amide bonds. The van der Waals surface area contributed by atoms with Crippen molar-refractivity contribution in [1.82, 2.24) is 0 Å². The lowest BCUT2D eigenvalue weighted by Crippen LogP contribution is -2.47. The van der Waals surface area contributed by atoms with E-state index < -0.39 is 0 Å². The van der Waals surface area contributed by atoms with Crippen LogP contribution in [0.4, 0.5) is 5.69 Å². The van der Waals surface area contributed by atoms with Gasteiger partial charge >= 0.3 is 0 Å². The number of aliphatic imine (C=N–C) groups is 1. The van der Waals surface area contributed by atoms with Gasteiger partial charge in [-0.2, -0.15) is 0 Å². The number of hydrogen-bond acceptors (Lipinski definition) is 2. The summed E-state index contributed by atoms with van der Waals surface area (Å²) in [6.45, 7) is 0. The van der Waals surface area contributed by atoms with Gasteiger partial charge in [-0.05, 0) is 24.1 Å². The first-order valence-corrected chi connectivity index (χ1v) is 4.66. The summed E-state index contributed by atoms with van der Waals surface area (Å²) in [5.41, 5.74) is 8.34. The van der Waals surface area contributed by atoms with Crippen molar-refractivity contribution in [3.8, 4) is 0 Å². The molecule has 0 spiro atoms. The molecule has 2 N–H and O–H groups in total. The molecular formula is C11H11N2. The van der Waals surface area contributed by atoms with Crippen LogP contribution in [-0.2, 0) is 0 Å². The second-order valence-corrected chi connectivity index (χ2v) is 3.85. The fourth-order valence-corrected chi connectivity index (χ4v) is 2.35. The molecule has 3 atom stereocenters. The van der Waals surface area contributed by atoms with E-state index in [4.69, 9.17) is 5.73 Å². The van der Waals surface area contributed by atoms with Gasteiger partial charge < -0.3 is 5.73 Å². The zero-order chi connectivity index (χ0) is 8.84. The fourth-order valence-electron chi connectivity index (χ4n) is 2.35. The topological polar surface area (TPSA) is 38.4 Å². The van der Waals surface area contributed by atoms with Crippen LogP contribution < -0.4 is 5.73 Å². The Balaban J connectivity index is 2.12. The average molecular weight is 171 g/mol. The first-order chi connectivity index (χ1) is 6.36. The van der Waals surface area contributed by atoms with Gasteiger partial charge in [-0.1, -0.05) is 12.1 Å². The Hall–Kier alpha value is -1.15. The third kappa shape index (κ3) is 0.893. The van der Waals surface area contributed by atoms with Crippen LogP contribution in [0.15, 0.2) is 23.2 Å². The van der Waals surface area contributed by atoms with Gasteiger partial charge in [0.2, 0.25) is 0 Å². The molecule has 1 aromatic carbocycles. The summed E-state index contributed by atoms with van der Waals surface area (Å²) in [4.78, 5) is 4.40. The van der Waals surface area contributed by atoms with Crippen LogP contribution in [-0.4, -0.2) is 12.3 Å². The molecule has 0 bridgehead atoms. The minimum atomic E-state index is 0.331. The van der Waals surface area contributed by atoms with Crippen molar-refractivity contribution in [2.75, 3.05) is 0 Å². The van der Waals surface area contributed by atoms with Crippen molar-refractivity contribution >= 4 is 11.9 Å². The highest BCUT2D eigenvalue weighted by molar-refractivity contribution is 5.74. The number of fused-ring (bicyclic) bond motifs is 3. The molecular weight excluding hydrogens is 160 g/mol. The molecule has 2 nitrogen and oxygen atoms in total. The van der Waals surface area contributed by atoms with Gasteiger partial charge in [0, 0.05) is 24.1 Å². The molecule has 1 aromatic rings. The Morgan fingerprint density at radius 3 is 3.31 bits per heavy atom. The molecule has 1 aliphatic heterocycles. The van der Waals surface area contributed by atoms with Crippen LogP contribution in [0.2, 0.25) is 0 Å². The van der Waals surface area contributed by atoms with Gasteiger partial charge in [-0.15, -0.1) is 0 Å². The highest BCUT2D eigenvalue weighted by Crippen LogP contribution is 2.46. The van der Waals surface area contributed by atoms with Crippen LogP contribution in [0.3, 0.4) is 0 Å². The third-order valence-electron chi connectivity index (χ3n) is 3.11. The molecule has 1 heterocycles. The van der Waals surface area contributed by atoms with Crippen LogP contribution in [0.1, 0.15) is 17.9 Å². The Morgan fingerprint density at radius 2 is 2.46 bits per heavy atom. The summed E-state index contributed by atoms with van der Waals surface area (Å²) in [6, 6.07) is 9.36. The second kappa shape index (κ2) is 2.42. The molecule has 3 rings (SSSR count). The van der Waals surface area contributed by atoms with Crippen molar-refractivity contribution < 1.29 is 0 Å². The average Bonchev–Trinajstić information content (AvgIpc) is 2.14. The molecule has 1 fully saturated rings. The summed E-state index contributed by atoms with van der Waals surface area (Å²) < 4.78 is 0. The lowest BCUT2D eigenvalue weighted by molar-refractivity contribution is 0.281. The van der Waals surface area contributed by atoms with Crippen molar-refractivity contribution in [2.24, 2.45) is 16.6 Å². The highest BCUT2D eigenvalue weighted by Gasteiger charge is 2.41. The smallest absolute Gasteiger partial charge is 0.0667 e. The van der Waals surface area contributed by atoms with Gasteiger partial charge in [0.15, 0.2) is 0 Å². The molecule has 1 radical (unpaired) electrons. The van der Waals surface area contributed by atoms with E-state index >= 15 is 0 Å². The van der Waals surface area contributed by atoms with Crippen molar-refractivity contribution in [1.29, 1.82) is 0 Å². The fraction of sp³-hybridized carbons (Fsp3) is 0.364. The number of nitrogens with zero attached hydrogens (tertiary/aromatic N) is 1. The zero-order valence-corrected chi connectivity index (χ0v) is 7.27. The summed E-state index contributed by atoms with van der Waals surface area (Å²) >= 11 is 0. The standard InChI is InChI=1S/C11H11N2/c12-9-5-7-6-13-10-4-2-1-3-8(10)11(7)9/h1,3-4,6-7,9,11H,5,12H2. The first kappa shape index (κ1) is 7.27. The molecule has 3 unspecified atom stereocenters. The normalized spacial score (nSPS) is 34.7. The number of rotatable bonds is 0. The first-order valence-electron chi connectivity index (χ1n) is 4.66. The molecule has 13 heavy (non-hydrogen) atoms. The molecule has 65 valence electrons. The lowest BCUT2D eigenvalue weighted by atomic mass is 9.65. The summed E-state index contributed by atoms with van der Waals surface area (Å²) in [6.07, 6.45) is 3.14. The molecule has 0 aromatic heterocycles. The van der Waals surface area contributed by atoms with Gasteiger partial charge in [0.25, 0.3) is 0 Å². The molecule has 1 aliphatic carbocycles. The van der Waals surface area contributed by atoms with Gasteiger partial charge in [0.1, 0.15) is 0 Å². The Morgan fingerprint density at radius 1 is 1.54 bits per heavy atom. The minimum absolute atomic E-state index is 0.331. The van der Waals surface area contributed by atoms with Crippen molar-refractivity contribution in [3.05, 3.63) is 29.8 Å².